The number of benzene rings is 1. The lowest BCUT2D eigenvalue weighted by molar-refractivity contribution is 0.0172. The van der Waals surface area contributed by atoms with E-state index in [1.54, 1.807) is 12.1 Å². The molecule has 0 spiro atoms. The van der Waals surface area contributed by atoms with E-state index in [0.29, 0.717) is 51.4 Å². The van der Waals surface area contributed by atoms with Gasteiger partial charge in [-0.25, -0.2) is 13.1 Å². The molecule has 0 amide bonds. The molecule has 4 unspecified atom stereocenters. The van der Waals surface area contributed by atoms with E-state index in [9.17, 15) is 8.42 Å². The predicted octanol–water partition coefficient (Wildman–Crippen LogP) is 1.56. The number of sulfonamides is 1. The maximum atomic E-state index is 12.7. The number of hydrogen-bond donors (Lipinski definition) is 3. The number of guanidine groups is 1. The van der Waals surface area contributed by atoms with Crippen LogP contribution in [-0.4, -0.2) is 103 Å². The normalized spacial score (nSPS) is 26.1. The highest BCUT2D eigenvalue weighted by molar-refractivity contribution is 7.89. The first kappa shape index (κ1) is 31.3. The summed E-state index contributed by atoms with van der Waals surface area (Å²) in [5.74, 6) is 1.10. The number of piperidine rings is 1. The highest BCUT2D eigenvalue weighted by Gasteiger charge is 2.44. The van der Waals surface area contributed by atoms with Gasteiger partial charge < -0.3 is 30.6 Å². The molecule has 0 radical (unpaired) electrons. The number of likely N-dealkylation sites (N-methyl/N-ethyl adjacent to an activating group) is 1. The molecule has 1 aliphatic heterocycles. The minimum absolute atomic E-state index is 0.0405. The fourth-order valence-electron chi connectivity index (χ4n) is 5.23. The van der Waals surface area contributed by atoms with Gasteiger partial charge in [-0.15, -0.1) is 23.2 Å². The Kier molecular flexibility index (Phi) is 12.8. The van der Waals surface area contributed by atoms with E-state index in [1.807, 2.05) is 12.1 Å². The highest BCUT2D eigenvalue weighted by Crippen LogP contribution is 2.46. The van der Waals surface area contributed by atoms with Gasteiger partial charge in [-0.05, 0) is 55.3 Å². The summed E-state index contributed by atoms with van der Waals surface area (Å²) in [5, 5.41) is 0.158. The second-order valence-electron chi connectivity index (χ2n) is 9.85. The molecule has 216 valence electrons. The van der Waals surface area contributed by atoms with Gasteiger partial charge in [0.2, 0.25) is 10.0 Å². The fourth-order valence-corrected chi connectivity index (χ4v) is 7.21. The van der Waals surface area contributed by atoms with E-state index in [0.717, 1.165) is 31.5 Å². The summed E-state index contributed by atoms with van der Waals surface area (Å²) in [6.45, 7) is 4.72. The van der Waals surface area contributed by atoms with Crippen molar-refractivity contribution in [3.63, 3.8) is 0 Å². The summed E-state index contributed by atoms with van der Waals surface area (Å²) in [6.07, 6.45) is 1.78. The number of ether oxygens (including phenoxy) is 3. The largest absolute Gasteiger partial charge is 0.378 e. The second kappa shape index (κ2) is 15.6. The Labute approximate surface area is 236 Å². The Morgan fingerprint density at radius 2 is 1.61 bits per heavy atom. The number of nitrogens with one attached hydrogen (secondary N) is 1. The molecular weight excluding hydrogens is 553 g/mol. The number of hydrogen-bond acceptors (Lipinski definition) is 7. The van der Waals surface area contributed by atoms with E-state index in [2.05, 4.69) is 21.7 Å². The van der Waals surface area contributed by atoms with Gasteiger partial charge in [-0.3, -0.25) is 4.99 Å². The standard InChI is InChI=1S/C25H41Cl2N5O5S/c1-32-16-22(21-14-19(26)15-24(27)23(21)17-32)18-2-4-20(5-3-18)38(33,34)31-7-9-36-11-13-37-12-10-35-8-6-30-25(28)29/h2-5,19,21-24,31H,6-17H2,1H3,(H4,28,29,30)/t19?,21-,22?,23?,24?/m0/s1. The zero-order chi connectivity index (χ0) is 27.5. The van der Waals surface area contributed by atoms with Crippen molar-refractivity contribution in [2.75, 3.05) is 72.9 Å². The zero-order valence-electron chi connectivity index (χ0n) is 21.9. The molecule has 1 aromatic carbocycles. The van der Waals surface area contributed by atoms with Crippen LogP contribution in [0.4, 0.5) is 0 Å². The maximum absolute atomic E-state index is 12.7. The maximum Gasteiger partial charge on any atom is 0.240 e. The van der Waals surface area contributed by atoms with Gasteiger partial charge >= 0.3 is 0 Å². The quantitative estimate of drug-likeness (QED) is 0.120. The number of likely N-dealkylation sites (tertiary alicyclic amines) is 1. The molecule has 0 aromatic heterocycles. The van der Waals surface area contributed by atoms with Crippen molar-refractivity contribution in [1.29, 1.82) is 0 Å². The van der Waals surface area contributed by atoms with E-state index in [1.165, 1.54) is 0 Å². The van der Waals surface area contributed by atoms with Gasteiger partial charge in [0, 0.05) is 30.4 Å². The Bertz CT molecular complexity index is 981. The Hall–Kier alpha value is -1.18. The number of aliphatic imine (C=N–C) groups is 1. The monoisotopic (exact) mass is 593 g/mol. The first-order chi connectivity index (χ1) is 18.2. The molecule has 5 atom stereocenters. The minimum atomic E-state index is -3.63. The Balaban J connectivity index is 1.36. The van der Waals surface area contributed by atoms with Gasteiger partial charge in [-0.1, -0.05) is 12.1 Å². The lowest BCUT2D eigenvalue weighted by Crippen LogP contribution is -2.50. The number of nitrogens with zero attached hydrogens (tertiary/aromatic N) is 2. The van der Waals surface area contributed by atoms with E-state index in [-0.39, 0.29) is 40.7 Å². The third-order valence-electron chi connectivity index (χ3n) is 7.00. The van der Waals surface area contributed by atoms with Gasteiger partial charge in [0.25, 0.3) is 0 Å². The molecule has 1 heterocycles. The van der Waals surface area contributed by atoms with E-state index < -0.39 is 10.0 Å². The molecule has 5 N–H and O–H groups in total. The summed E-state index contributed by atoms with van der Waals surface area (Å²) in [6, 6.07) is 7.20. The van der Waals surface area contributed by atoms with Gasteiger partial charge in [0.15, 0.2) is 5.96 Å². The Morgan fingerprint density at radius 1 is 0.974 bits per heavy atom. The average molecular weight is 595 g/mol. The summed E-state index contributed by atoms with van der Waals surface area (Å²) in [7, 11) is -1.52. The van der Waals surface area contributed by atoms with Gasteiger partial charge in [0.1, 0.15) is 0 Å². The van der Waals surface area contributed by atoms with Crippen LogP contribution in [0.15, 0.2) is 34.2 Å². The average Bonchev–Trinajstić information content (AvgIpc) is 2.87. The molecule has 38 heavy (non-hydrogen) atoms. The Morgan fingerprint density at radius 3 is 2.26 bits per heavy atom. The molecule has 1 saturated heterocycles. The zero-order valence-corrected chi connectivity index (χ0v) is 24.3. The van der Waals surface area contributed by atoms with Gasteiger partial charge in [-0.2, -0.15) is 0 Å². The molecule has 1 saturated carbocycles. The second-order valence-corrected chi connectivity index (χ2v) is 12.8. The molecule has 1 aliphatic carbocycles. The molecule has 0 bridgehead atoms. The highest BCUT2D eigenvalue weighted by atomic mass is 35.5. The van der Waals surface area contributed by atoms with Crippen LogP contribution in [0.1, 0.15) is 24.3 Å². The van der Waals surface area contributed by atoms with E-state index in [4.69, 9.17) is 48.9 Å². The van der Waals surface area contributed by atoms with Crippen LogP contribution in [-0.2, 0) is 24.2 Å². The molecule has 13 heteroatoms. The molecule has 1 aromatic rings. The number of alkyl halides is 2. The summed E-state index contributed by atoms with van der Waals surface area (Å²) < 4.78 is 44.2. The third-order valence-corrected chi connectivity index (χ3v) is 9.34. The predicted molar refractivity (Wildman–Crippen MR) is 150 cm³/mol. The molecule has 2 fully saturated rings. The van der Waals surface area contributed by atoms with Crippen molar-refractivity contribution < 1.29 is 22.6 Å². The van der Waals surface area contributed by atoms with Crippen molar-refractivity contribution in [2.45, 2.75) is 34.4 Å². The third kappa shape index (κ3) is 9.78. The number of nitrogens with two attached hydrogens (primary N) is 2. The van der Waals surface area contributed by atoms with Crippen LogP contribution in [0, 0.1) is 11.8 Å². The van der Waals surface area contributed by atoms with Crippen molar-refractivity contribution >= 4 is 39.2 Å². The number of fused-ring (bicyclic) bond motifs is 1. The number of rotatable bonds is 15. The van der Waals surface area contributed by atoms with E-state index >= 15 is 0 Å². The smallest absolute Gasteiger partial charge is 0.240 e. The lowest BCUT2D eigenvalue weighted by Gasteiger charge is -2.48. The molecule has 3 rings (SSSR count). The summed E-state index contributed by atoms with van der Waals surface area (Å²) in [4.78, 5) is 6.36. The minimum Gasteiger partial charge on any atom is -0.378 e. The van der Waals surface area contributed by atoms with Crippen LogP contribution in [0.5, 0.6) is 0 Å². The van der Waals surface area contributed by atoms with Crippen LogP contribution in [0.3, 0.4) is 0 Å². The van der Waals surface area contributed by atoms with Gasteiger partial charge in [0.05, 0.1) is 51.1 Å². The van der Waals surface area contributed by atoms with Crippen molar-refractivity contribution in [3.8, 4) is 0 Å². The molecule has 10 nitrogen and oxygen atoms in total. The van der Waals surface area contributed by atoms with Crippen LogP contribution in [0.25, 0.3) is 0 Å². The molecule has 2 aliphatic rings. The van der Waals surface area contributed by atoms with Crippen LogP contribution >= 0.6 is 23.2 Å². The summed E-state index contributed by atoms with van der Waals surface area (Å²) >= 11 is 13.2. The number of halogens is 2. The van der Waals surface area contributed by atoms with Crippen molar-refractivity contribution in [2.24, 2.45) is 28.3 Å². The summed E-state index contributed by atoms with van der Waals surface area (Å²) in [5.41, 5.74) is 11.6. The molecular formula is C25H41Cl2N5O5S. The fraction of sp³-hybridized carbons (Fsp3) is 0.720. The first-order valence-corrected chi connectivity index (χ1v) is 15.4. The van der Waals surface area contributed by atoms with Crippen molar-refractivity contribution in [1.82, 2.24) is 9.62 Å². The SMILES string of the molecule is CN1CC(c2ccc(S(=O)(=O)NCCOCCOCCOCCN=C(N)N)cc2)[C@@H]2CC(Cl)CC(Cl)C2C1. The first-order valence-electron chi connectivity index (χ1n) is 13.0. The topological polar surface area (TPSA) is 142 Å². The van der Waals surface area contributed by atoms with Crippen LogP contribution < -0.4 is 16.2 Å². The van der Waals surface area contributed by atoms with Crippen LogP contribution in [0.2, 0.25) is 0 Å². The lowest BCUT2D eigenvalue weighted by atomic mass is 9.67. The van der Waals surface area contributed by atoms with Crippen molar-refractivity contribution in [3.05, 3.63) is 29.8 Å².